The summed E-state index contributed by atoms with van der Waals surface area (Å²) in [6.45, 7) is 0.382. The number of rotatable bonds is 7. The zero-order chi connectivity index (χ0) is 14.4. The van der Waals surface area contributed by atoms with Gasteiger partial charge in [-0.05, 0) is 35.9 Å². The molecule has 1 atom stereocenters. The number of hydrogen-bond acceptors (Lipinski definition) is 3. The van der Waals surface area contributed by atoms with Gasteiger partial charge in [0.25, 0.3) is 0 Å². The highest BCUT2D eigenvalue weighted by Gasteiger charge is 2.26. The van der Waals surface area contributed by atoms with Gasteiger partial charge in [-0.1, -0.05) is 12.1 Å². The number of hydrogen-bond donors (Lipinski definition) is 1. The van der Waals surface area contributed by atoms with Crippen molar-refractivity contribution in [1.29, 1.82) is 0 Å². The minimum absolute atomic E-state index is 0.0990. The summed E-state index contributed by atoms with van der Waals surface area (Å²) in [4.78, 5) is 2.41. The van der Waals surface area contributed by atoms with Crippen molar-refractivity contribution in [2.24, 2.45) is 0 Å². The van der Waals surface area contributed by atoms with Crippen molar-refractivity contribution in [1.82, 2.24) is 5.32 Å². The lowest BCUT2D eigenvalue weighted by Gasteiger charge is -2.17. The van der Waals surface area contributed by atoms with E-state index in [2.05, 4.69) is 11.4 Å². The van der Waals surface area contributed by atoms with Crippen LogP contribution in [0.5, 0.6) is 0 Å². The zero-order valence-electron chi connectivity index (χ0n) is 10.8. The Labute approximate surface area is 124 Å². The minimum atomic E-state index is -4.06. The Hall–Kier alpha value is -0.850. The molecule has 20 heavy (non-hydrogen) atoms. The second-order valence-corrected chi connectivity index (χ2v) is 6.54. The molecular weight excluding hydrogens is 303 g/mol. The van der Waals surface area contributed by atoms with Crippen LogP contribution in [0.15, 0.2) is 35.0 Å². The van der Waals surface area contributed by atoms with Gasteiger partial charge in [0.2, 0.25) is 0 Å². The standard InChI is InChI=1S/C14H16F3NS2/c15-14(16,17)6-3-7-18-12(13-5-2-9-20-13)10-11-4-1-8-19-11/h1-2,4-5,8-9,12,18H,3,6-7,10H2. The van der Waals surface area contributed by atoms with E-state index in [1.165, 1.54) is 9.75 Å². The molecule has 0 saturated carbocycles. The molecule has 1 unspecified atom stereocenters. The van der Waals surface area contributed by atoms with Gasteiger partial charge in [-0.3, -0.25) is 0 Å². The van der Waals surface area contributed by atoms with Crippen LogP contribution >= 0.6 is 22.7 Å². The van der Waals surface area contributed by atoms with Crippen molar-refractivity contribution >= 4 is 22.7 Å². The predicted octanol–water partition coefficient (Wildman–Crippen LogP) is 5.03. The lowest BCUT2D eigenvalue weighted by atomic mass is 10.1. The molecule has 2 aromatic rings. The topological polar surface area (TPSA) is 12.0 Å². The zero-order valence-corrected chi connectivity index (χ0v) is 12.5. The van der Waals surface area contributed by atoms with Crippen LogP contribution in [0.2, 0.25) is 0 Å². The highest BCUT2D eigenvalue weighted by Crippen LogP contribution is 2.25. The smallest absolute Gasteiger partial charge is 0.309 e. The van der Waals surface area contributed by atoms with E-state index >= 15 is 0 Å². The van der Waals surface area contributed by atoms with Gasteiger partial charge < -0.3 is 5.32 Å². The van der Waals surface area contributed by atoms with Crippen molar-refractivity contribution in [2.75, 3.05) is 6.54 Å². The molecule has 0 bridgehead atoms. The fourth-order valence-corrected chi connectivity index (χ4v) is 3.51. The van der Waals surface area contributed by atoms with Crippen LogP contribution in [0.3, 0.4) is 0 Å². The van der Waals surface area contributed by atoms with E-state index in [9.17, 15) is 13.2 Å². The molecule has 0 aromatic carbocycles. The van der Waals surface area contributed by atoms with E-state index in [4.69, 9.17) is 0 Å². The summed E-state index contributed by atoms with van der Waals surface area (Å²) in [7, 11) is 0. The molecule has 0 amide bonds. The van der Waals surface area contributed by atoms with E-state index < -0.39 is 12.6 Å². The summed E-state index contributed by atoms with van der Waals surface area (Å²) in [6, 6.07) is 8.15. The van der Waals surface area contributed by atoms with E-state index in [-0.39, 0.29) is 12.5 Å². The lowest BCUT2D eigenvalue weighted by Crippen LogP contribution is -2.24. The number of thiophene rings is 2. The van der Waals surface area contributed by atoms with Crippen LogP contribution < -0.4 is 5.32 Å². The quantitative estimate of drug-likeness (QED) is 0.706. The maximum atomic E-state index is 12.1. The van der Waals surface area contributed by atoms with Crippen LogP contribution in [-0.4, -0.2) is 12.7 Å². The van der Waals surface area contributed by atoms with Crippen molar-refractivity contribution < 1.29 is 13.2 Å². The molecule has 0 aliphatic heterocycles. The molecule has 2 aromatic heterocycles. The van der Waals surface area contributed by atoms with Crippen LogP contribution in [0, 0.1) is 0 Å². The fourth-order valence-electron chi connectivity index (χ4n) is 1.96. The number of nitrogens with one attached hydrogen (secondary N) is 1. The van der Waals surface area contributed by atoms with E-state index in [1.807, 2.05) is 29.0 Å². The molecule has 0 saturated heterocycles. The van der Waals surface area contributed by atoms with Gasteiger partial charge in [-0.25, -0.2) is 0 Å². The SMILES string of the molecule is FC(F)(F)CCCNC(Cc1cccs1)c1cccs1. The summed E-state index contributed by atoms with van der Waals surface area (Å²) < 4.78 is 36.4. The molecule has 2 heterocycles. The monoisotopic (exact) mass is 319 g/mol. The molecule has 1 N–H and O–H groups in total. The molecule has 0 aliphatic carbocycles. The molecule has 6 heteroatoms. The first-order valence-electron chi connectivity index (χ1n) is 6.40. The molecule has 2 rings (SSSR count). The Bertz CT molecular complexity index is 477. The second kappa shape index (κ2) is 7.24. The summed E-state index contributed by atoms with van der Waals surface area (Å²) in [5.41, 5.74) is 0. The molecule has 110 valence electrons. The molecule has 0 radical (unpaired) electrons. The predicted molar refractivity (Wildman–Crippen MR) is 78.4 cm³/mol. The third kappa shape index (κ3) is 5.26. The molecular formula is C14H16F3NS2. The molecule has 0 spiro atoms. The van der Waals surface area contributed by atoms with Gasteiger partial charge >= 0.3 is 6.18 Å². The van der Waals surface area contributed by atoms with Crippen LogP contribution in [0.1, 0.15) is 28.6 Å². The maximum Gasteiger partial charge on any atom is 0.389 e. The Morgan fingerprint density at radius 1 is 1.10 bits per heavy atom. The Morgan fingerprint density at radius 2 is 1.85 bits per heavy atom. The Kier molecular flexibility index (Phi) is 5.63. The average Bonchev–Trinajstić information content (AvgIpc) is 3.04. The van der Waals surface area contributed by atoms with Gasteiger partial charge in [0.1, 0.15) is 0 Å². The maximum absolute atomic E-state index is 12.1. The third-order valence-corrected chi connectivity index (χ3v) is 4.78. The van der Waals surface area contributed by atoms with Gasteiger partial charge in [-0.15, -0.1) is 22.7 Å². The first kappa shape index (κ1) is 15.5. The lowest BCUT2D eigenvalue weighted by molar-refractivity contribution is -0.135. The Balaban J connectivity index is 1.87. The second-order valence-electron chi connectivity index (χ2n) is 4.52. The van der Waals surface area contributed by atoms with Crippen LogP contribution in [-0.2, 0) is 6.42 Å². The summed E-state index contributed by atoms with van der Waals surface area (Å²) in [5.74, 6) is 0. The van der Waals surface area contributed by atoms with Crippen molar-refractivity contribution in [3.8, 4) is 0 Å². The summed E-state index contributed by atoms with van der Waals surface area (Å²) in [6.07, 6.45) is -3.84. The van der Waals surface area contributed by atoms with Gasteiger partial charge in [0.05, 0.1) is 0 Å². The van der Waals surface area contributed by atoms with Crippen molar-refractivity contribution in [3.05, 3.63) is 44.8 Å². The molecule has 0 aliphatic rings. The highest BCUT2D eigenvalue weighted by atomic mass is 32.1. The first-order chi connectivity index (χ1) is 9.54. The number of alkyl halides is 3. The van der Waals surface area contributed by atoms with E-state index in [0.717, 1.165) is 6.42 Å². The largest absolute Gasteiger partial charge is 0.389 e. The van der Waals surface area contributed by atoms with Gasteiger partial charge in [0.15, 0.2) is 0 Å². The Morgan fingerprint density at radius 3 is 2.45 bits per heavy atom. The van der Waals surface area contributed by atoms with Crippen molar-refractivity contribution in [2.45, 2.75) is 31.5 Å². The summed E-state index contributed by atoms with van der Waals surface area (Å²) in [5, 5.41) is 7.26. The van der Waals surface area contributed by atoms with Crippen LogP contribution in [0.4, 0.5) is 13.2 Å². The van der Waals surface area contributed by atoms with Gasteiger partial charge in [0, 0.05) is 28.6 Å². The van der Waals surface area contributed by atoms with E-state index in [0.29, 0.717) is 6.54 Å². The first-order valence-corrected chi connectivity index (χ1v) is 8.16. The fraction of sp³-hybridized carbons (Fsp3) is 0.429. The van der Waals surface area contributed by atoms with E-state index in [1.54, 1.807) is 22.7 Å². The average molecular weight is 319 g/mol. The summed E-state index contributed by atoms with van der Waals surface area (Å²) >= 11 is 3.31. The third-order valence-electron chi connectivity index (χ3n) is 2.90. The van der Waals surface area contributed by atoms with Crippen LogP contribution in [0.25, 0.3) is 0 Å². The molecule has 0 fully saturated rings. The van der Waals surface area contributed by atoms with Gasteiger partial charge in [-0.2, -0.15) is 13.2 Å². The highest BCUT2D eigenvalue weighted by molar-refractivity contribution is 7.10. The van der Waals surface area contributed by atoms with Crippen molar-refractivity contribution in [3.63, 3.8) is 0 Å². The normalized spacial score (nSPS) is 13.6. The number of halogens is 3. The minimum Gasteiger partial charge on any atom is -0.309 e. The molecule has 1 nitrogen and oxygen atoms in total.